The summed E-state index contributed by atoms with van der Waals surface area (Å²) in [5, 5.41) is 0.697. The van der Waals surface area contributed by atoms with E-state index in [0.717, 1.165) is 17.7 Å². The van der Waals surface area contributed by atoms with E-state index in [9.17, 15) is 0 Å². The second-order valence-corrected chi connectivity index (χ2v) is 3.71. The van der Waals surface area contributed by atoms with Crippen LogP contribution >= 0.6 is 11.6 Å². The number of rotatable bonds is 1. The Morgan fingerprint density at radius 3 is 3.00 bits per heavy atom. The van der Waals surface area contributed by atoms with Crippen molar-refractivity contribution in [3.8, 4) is 5.75 Å². The van der Waals surface area contributed by atoms with Gasteiger partial charge in [-0.2, -0.15) is 0 Å². The van der Waals surface area contributed by atoms with Crippen LogP contribution in [-0.4, -0.2) is 6.10 Å². The number of benzene rings is 1. The van der Waals surface area contributed by atoms with Crippen molar-refractivity contribution in [1.82, 2.24) is 0 Å². The second-order valence-electron chi connectivity index (χ2n) is 3.27. The Kier molecular flexibility index (Phi) is 2.18. The molecule has 1 aliphatic heterocycles. The van der Waals surface area contributed by atoms with E-state index in [-0.39, 0.29) is 12.1 Å². The van der Waals surface area contributed by atoms with Crippen LogP contribution in [0.5, 0.6) is 5.75 Å². The Morgan fingerprint density at radius 2 is 2.31 bits per heavy atom. The summed E-state index contributed by atoms with van der Waals surface area (Å²) in [6.45, 7) is 2.07. The highest BCUT2D eigenvalue weighted by molar-refractivity contribution is 6.30. The first-order valence-electron chi connectivity index (χ1n) is 4.44. The van der Waals surface area contributed by atoms with E-state index in [1.54, 1.807) is 0 Å². The molecule has 1 heterocycles. The zero-order valence-corrected chi connectivity index (χ0v) is 8.21. The second kappa shape index (κ2) is 3.20. The third kappa shape index (κ3) is 1.40. The van der Waals surface area contributed by atoms with E-state index in [2.05, 4.69) is 6.92 Å². The fraction of sp³-hybridized carbons (Fsp3) is 0.400. The maximum atomic E-state index is 5.98. The molecule has 3 heteroatoms. The number of fused-ring (bicyclic) bond motifs is 1. The summed E-state index contributed by atoms with van der Waals surface area (Å²) in [6.07, 6.45) is 1.03. The van der Waals surface area contributed by atoms with Crippen LogP contribution in [0.4, 0.5) is 0 Å². The lowest BCUT2D eigenvalue weighted by atomic mass is 10.0. The summed E-state index contributed by atoms with van der Waals surface area (Å²) in [7, 11) is 0. The molecule has 2 rings (SSSR count). The Balaban J connectivity index is 2.38. The van der Waals surface area contributed by atoms with Gasteiger partial charge in [-0.05, 0) is 18.6 Å². The molecule has 0 spiro atoms. The minimum atomic E-state index is -0.00253. The smallest absolute Gasteiger partial charge is 0.126 e. The minimum absolute atomic E-state index is 0.00253. The predicted octanol–water partition coefficient (Wildman–Crippen LogP) is 2.51. The van der Waals surface area contributed by atoms with Crippen LogP contribution in [0, 0.1) is 0 Å². The molecule has 13 heavy (non-hydrogen) atoms. The maximum Gasteiger partial charge on any atom is 0.126 e. The first kappa shape index (κ1) is 8.85. The Bertz CT molecular complexity index is 327. The van der Waals surface area contributed by atoms with Crippen molar-refractivity contribution in [3.05, 3.63) is 28.8 Å². The van der Waals surface area contributed by atoms with Crippen molar-refractivity contribution in [2.24, 2.45) is 5.73 Å². The summed E-state index contributed by atoms with van der Waals surface area (Å²) in [5.41, 5.74) is 7.05. The summed E-state index contributed by atoms with van der Waals surface area (Å²) >= 11 is 5.84. The first-order valence-corrected chi connectivity index (χ1v) is 4.82. The van der Waals surface area contributed by atoms with Gasteiger partial charge in [-0.3, -0.25) is 0 Å². The standard InChI is InChI=1S/C10H12ClNO/c1-2-8-10(12)7-4-3-6(11)5-9(7)13-8/h3-5,8,10H,2,12H2,1H3. The quantitative estimate of drug-likeness (QED) is 0.751. The van der Waals surface area contributed by atoms with Crippen molar-refractivity contribution in [2.75, 3.05) is 0 Å². The van der Waals surface area contributed by atoms with Crippen molar-refractivity contribution in [3.63, 3.8) is 0 Å². The molecular formula is C10H12ClNO. The van der Waals surface area contributed by atoms with E-state index >= 15 is 0 Å². The fourth-order valence-corrected chi connectivity index (χ4v) is 1.82. The first-order chi connectivity index (χ1) is 6.22. The molecule has 1 aromatic rings. The van der Waals surface area contributed by atoms with E-state index in [1.807, 2.05) is 18.2 Å². The average Bonchev–Trinajstić information content (AvgIpc) is 2.42. The molecule has 1 aliphatic rings. The molecule has 2 unspecified atom stereocenters. The van der Waals surface area contributed by atoms with Gasteiger partial charge in [0.05, 0.1) is 6.04 Å². The van der Waals surface area contributed by atoms with Gasteiger partial charge >= 0.3 is 0 Å². The van der Waals surface area contributed by atoms with Crippen LogP contribution < -0.4 is 10.5 Å². The summed E-state index contributed by atoms with van der Waals surface area (Å²) in [6, 6.07) is 5.61. The SMILES string of the molecule is CCC1Oc2cc(Cl)ccc2C1N. The highest BCUT2D eigenvalue weighted by atomic mass is 35.5. The summed E-state index contributed by atoms with van der Waals surface area (Å²) in [5.74, 6) is 0.840. The van der Waals surface area contributed by atoms with Crippen molar-refractivity contribution in [1.29, 1.82) is 0 Å². The van der Waals surface area contributed by atoms with Gasteiger partial charge in [0, 0.05) is 10.6 Å². The normalized spacial score (nSPS) is 25.5. The van der Waals surface area contributed by atoms with Crippen LogP contribution in [0.3, 0.4) is 0 Å². The van der Waals surface area contributed by atoms with Gasteiger partial charge < -0.3 is 10.5 Å². The molecule has 2 atom stereocenters. The topological polar surface area (TPSA) is 35.2 Å². The van der Waals surface area contributed by atoms with Gasteiger partial charge in [0.15, 0.2) is 0 Å². The van der Waals surface area contributed by atoms with E-state index < -0.39 is 0 Å². The van der Waals surface area contributed by atoms with Crippen molar-refractivity contribution >= 4 is 11.6 Å². The molecule has 70 valence electrons. The van der Waals surface area contributed by atoms with Crippen LogP contribution in [0.2, 0.25) is 5.02 Å². The van der Waals surface area contributed by atoms with Gasteiger partial charge in [-0.15, -0.1) is 0 Å². The number of ether oxygens (including phenoxy) is 1. The molecule has 1 aromatic carbocycles. The van der Waals surface area contributed by atoms with Crippen LogP contribution in [0.1, 0.15) is 24.9 Å². The lowest BCUT2D eigenvalue weighted by molar-refractivity contribution is 0.202. The van der Waals surface area contributed by atoms with E-state index in [1.165, 1.54) is 0 Å². The molecule has 0 saturated heterocycles. The van der Waals surface area contributed by atoms with Gasteiger partial charge in [0.1, 0.15) is 11.9 Å². The van der Waals surface area contributed by atoms with Gasteiger partial charge in [-0.1, -0.05) is 24.6 Å². The number of halogens is 1. The molecule has 0 aromatic heterocycles. The third-order valence-electron chi connectivity index (χ3n) is 2.42. The van der Waals surface area contributed by atoms with Gasteiger partial charge in [0.2, 0.25) is 0 Å². The largest absolute Gasteiger partial charge is 0.488 e. The third-order valence-corrected chi connectivity index (χ3v) is 2.65. The highest BCUT2D eigenvalue weighted by Gasteiger charge is 2.29. The molecule has 0 bridgehead atoms. The molecule has 0 aliphatic carbocycles. The Morgan fingerprint density at radius 1 is 1.54 bits per heavy atom. The zero-order chi connectivity index (χ0) is 9.42. The lowest BCUT2D eigenvalue weighted by Crippen LogP contribution is -2.24. The molecule has 0 amide bonds. The van der Waals surface area contributed by atoms with Gasteiger partial charge in [0.25, 0.3) is 0 Å². The predicted molar refractivity (Wildman–Crippen MR) is 53.1 cm³/mol. The Hall–Kier alpha value is -0.730. The molecule has 2 nitrogen and oxygen atoms in total. The highest BCUT2D eigenvalue weighted by Crippen LogP contribution is 2.37. The van der Waals surface area contributed by atoms with E-state index in [0.29, 0.717) is 5.02 Å². The molecule has 0 saturated carbocycles. The monoisotopic (exact) mass is 197 g/mol. The van der Waals surface area contributed by atoms with Crippen LogP contribution in [0.25, 0.3) is 0 Å². The fourth-order valence-electron chi connectivity index (χ4n) is 1.66. The summed E-state index contributed by atoms with van der Waals surface area (Å²) in [4.78, 5) is 0. The zero-order valence-electron chi connectivity index (χ0n) is 7.46. The molecular weight excluding hydrogens is 186 g/mol. The van der Waals surface area contributed by atoms with Crippen LogP contribution in [-0.2, 0) is 0 Å². The molecule has 0 fully saturated rings. The molecule has 0 radical (unpaired) electrons. The van der Waals surface area contributed by atoms with E-state index in [4.69, 9.17) is 22.1 Å². The summed E-state index contributed by atoms with van der Waals surface area (Å²) < 4.78 is 5.64. The Labute approximate surface area is 82.6 Å². The van der Waals surface area contributed by atoms with Crippen molar-refractivity contribution < 1.29 is 4.74 Å². The molecule has 2 N–H and O–H groups in total. The number of nitrogens with two attached hydrogens (primary N) is 1. The number of hydrogen-bond acceptors (Lipinski definition) is 2. The van der Waals surface area contributed by atoms with Crippen LogP contribution in [0.15, 0.2) is 18.2 Å². The van der Waals surface area contributed by atoms with Crippen molar-refractivity contribution in [2.45, 2.75) is 25.5 Å². The number of hydrogen-bond donors (Lipinski definition) is 1. The minimum Gasteiger partial charge on any atom is -0.488 e. The average molecular weight is 198 g/mol. The van der Waals surface area contributed by atoms with Gasteiger partial charge in [-0.25, -0.2) is 0 Å². The lowest BCUT2D eigenvalue weighted by Gasteiger charge is -2.11. The maximum absolute atomic E-state index is 5.98.